The van der Waals surface area contributed by atoms with Crippen molar-refractivity contribution < 1.29 is 9.21 Å². The second-order valence-corrected chi connectivity index (χ2v) is 5.32. The van der Waals surface area contributed by atoms with Crippen LogP contribution in [0, 0.1) is 0 Å². The largest absolute Gasteiger partial charge is 0.467 e. The van der Waals surface area contributed by atoms with Crippen molar-refractivity contribution in [2.45, 2.75) is 6.54 Å². The third-order valence-electron chi connectivity index (χ3n) is 3.32. The van der Waals surface area contributed by atoms with Crippen LogP contribution in [0.2, 0.25) is 5.02 Å². The first-order chi connectivity index (χ1) is 11.6. The summed E-state index contributed by atoms with van der Waals surface area (Å²) in [6.07, 6.45) is 2.51. The van der Waals surface area contributed by atoms with Gasteiger partial charge in [-0.25, -0.2) is 4.79 Å². The Morgan fingerprint density at radius 2 is 2.00 bits per heavy atom. The van der Waals surface area contributed by atoms with Gasteiger partial charge in [0.25, 0.3) is 11.5 Å². The number of amides is 1. The van der Waals surface area contributed by atoms with E-state index in [2.05, 4.69) is 10.3 Å². The van der Waals surface area contributed by atoms with Crippen LogP contribution >= 0.6 is 11.6 Å². The van der Waals surface area contributed by atoms with Crippen LogP contribution < -0.4 is 16.6 Å². The number of halogens is 1. The number of anilines is 1. The summed E-state index contributed by atoms with van der Waals surface area (Å²) >= 11 is 5.98. The highest BCUT2D eigenvalue weighted by molar-refractivity contribution is 6.33. The molecule has 0 aliphatic heterocycles. The van der Waals surface area contributed by atoms with Crippen molar-refractivity contribution in [3.05, 3.63) is 86.0 Å². The number of benzene rings is 1. The Bertz CT molecular complexity index is 989. The molecule has 0 bridgehead atoms. The van der Waals surface area contributed by atoms with Gasteiger partial charge < -0.3 is 14.7 Å². The van der Waals surface area contributed by atoms with E-state index < -0.39 is 17.2 Å². The van der Waals surface area contributed by atoms with Crippen molar-refractivity contribution in [2.75, 3.05) is 5.32 Å². The first-order valence-corrected chi connectivity index (χ1v) is 7.35. The lowest BCUT2D eigenvalue weighted by Crippen LogP contribution is -2.39. The molecule has 0 aliphatic rings. The van der Waals surface area contributed by atoms with Gasteiger partial charge in [-0.05, 0) is 24.3 Å². The molecule has 0 fully saturated rings. The van der Waals surface area contributed by atoms with Crippen molar-refractivity contribution in [3.8, 4) is 0 Å². The van der Waals surface area contributed by atoms with Crippen LogP contribution in [-0.4, -0.2) is 15.5 Å². The molecule has 0 saturated carbocycles. The molecule has 1 amide bonds. The minimum Gasteiger partial charge on any atom is -0.467 e. The van der Waals surface area contributed by atoms with Gasteiger partial charge in [-0.3, -0.25) is 14.2 Å². The highest BCUT2D eigenvalue weighted by Crippen LogP contribution is 2.20. The lowest BCUT2D eigenvalue weighted by atomic mass is 10.2. The van der Waals surface area contributed by atoms with Crippen molar-refractivity contribution in [1.82, 2.24) is 9.55 Å². The van der Waals surface area contributed by atoms with E-state index >= 15 is 0 Å². The molecule has 0 unspecified atom stereocenters. The van der Waals surface area contributed by atoms with Gasteiger partial charge in [0.1, 0.15) is 11.3 Å². The number of furan rings is 1. The molecule has 0 atom stereocenters. The summed E-state index contributed by atoms with van der Waals surface area (Å²) in [6.45, 7) is -0.0750. The summed E-state index contributed by atoms with van der Waals surface area (Å²) in [5.74, 6) is -0.246. The van der Waals surface area contributed by atoms with Gasteiger partial charge in [-0.2, -0.15) is 0 Å². The van der Waals surface area contributed by atoms with Crippen molar-refractivity contribution >= 4 is 23.2 Å². The van der Waals surface area contributed by atoms with Crippen LogP contribution in [0.15, 0.2) is 62.9 Å². The zero-order chi connectivity index (χ0) is 17.1. The number of hydrogen-bond donors (Lipinski definition) is 2. The minimum absolute atomic E-state index is 0.0750. The first kappa shape index (κ1) is 15.8. The van der Waals surface area contributed by atoms with Gasteiger partial charge in [0.2, 0.25) is 0 Å². The standard InChI is InChI=1S/C16H12ClN3O4/c17-12-5-1-2-6-13(12)19-14(21)11-8-18-16(23)20(15(11)22)9-10-4-3-7-24-10/h1-8H,9H2,(H,18,23)(H,19,21). The monoisotopic (exact) mass is 345 g/mol. The Hall–Kier alpha value is -3.06. The quantitative estimate of drug-likeness (QED) is 0.756. The molecule has 1 aromatic carbocycles. The van der Waals surface area contributed by atoms with Crippen molar-refractivity contribution in [3.63, 3.8) is 0 Å². The van der Waals surface area contributed by atoms with E-state index in [0.29, 0.717) is 16.5 Å². The summed E-state index contributed by atoms with van der Waals surface area (Å²) in [7, 11) is 0. The molecule has 2 aromatic heterocycles. The van der Waals surface area contributed by atoms with E-state index in [1.165, 1.54) is 6.26 Å². The molecular weight excluding hydrogens is 334 g/mol. The lowest BCUT2D eigenvalue weighted by molar-refractivity contribution is 0.102. The second kappa shape index (κ2) is 6.59. The smallest absolute Gasteiger partial charge is 0.328 e. The van der Waals surface area contributed by atoms with E-state index in [9.17, 15) is 14.4 Å². The number of H-pyrrole nitrogens is 1. The number of carbonyl (C=O) groups excluding carboxylic acids is 1. The van der Waals surface area contributed by atoms with E-state index in [1.807, 2.05) is 0 Å². The maximum atomic E-state index is 12.4. The molecule has 7 nitrogen and oxygen atoms in total. The van der Waals surface area contributed by atoms with Gasteiger partial charge in [0.15, 0.2) is 0 Å². The maximum Gasteiger partial charge on any atom is 0.328 e. The number of aromatic amines is 1. The Kier molecular flexibility index (Phi) is 4.35. The molecule has 2 N–H and O–H groups in total. The lowest BCUT2D eigenvalue weighted by Gasteiger charge is -2.08. The highest BCUT2D eigenvalue weighted by atomic mass is 35.5. The van der Waals surface area contributed by atoms with Crippen LogP contribution in [0.3, 0.4) is 0 Å². The first-order valence-electron chi connectivity index (χ1n) is 6.97. The summed E-state index contributed by atoms with van der Waals surface area (Å²) in [5.41, 5.74) is -1.20. The minimum atomic E-state index is -0.722. The average Bonchev–Trinajstić information content (AvgIpc) is 3.06. The predicted octanol–water partition coefficient (Wildman–Crippen LogP) is 2.08. The average molecular weight is 346 g/mol. The number of rotatable bonds is 4. The second-order valence-electron chi connectivity index (χ2n) is 4.91. The normalized spacial score (nSPS) is 10.5. The van der Waals surface area contributed by atoms with Crippen LogP contribution in [0.5, 0.6) is 0 Å². The topological polar surface area (TPSA) is 97.1 Å². The molecule has 8 heteroatoms. The number of hydrogen-bond acceptors (Lipinski definition) is 4. The highest BCUT2D eigenvalue weighted by Gasteiger charge is 2.16. The number of para-hydroxylation sites is 1. The van der Waals surface area contributed by atoms with E-state index in [-0.39, 0.29) is 12.1 Å². The van der Waals surface area contributed by atoms with Gasteiger partial charge in [0, 0.05) is 6.20 Å². The van der Waals surface area contributed by atoms with Gasteiger partial charge in [0.05, 0.1) is 23.5 Å². The van der Waals surface area contributed by atoms with Crippen molar-refractivity contribution in [2.24, 2.45) is 0 Å². The zero-order valence-electron chi connectivity index (χ0n) is 12.3. The fourth-order valence-electron chi connectivity index (χ4n) is 2.13. The summed E-state index contributed by atoms with van der Waals surface area (Å²) in [5, 5.41) is 2.88. The molecule has 3 aromatic rings. The molecule has 0 radical (unpaired) electrons. The third kappa shape index (κ3) is 3.16. The van der Waals surface area contributed by atoms with E-state index in [4.69, 9.17) is 16.0 Å². The van der Waals surface area contributed by atoms with Crippen LogP contribution in [0.1, 0.15) is 16.1 Å². The van der Waals surface area contributed by atoms with Crippen molar-refractivity contribution in [1.29, 1.82) is 0 Å². The maximum absolute atomic E-state index is 12.4. The summed E-state index contributed by atoms with van der Waals surface area (Å²) < 4.78 is 6.02. The van der Waals surface area contributed by atoms with E-state index in [1.54, 1.807) is 36.4 Å². The number of aromatic nitrogens is 2. The Morgan fingerprint density at radius 3 is 2.71 bits per heavy atom. The Labute approximate surface area is 140 Å². The molecule has 0 aliphatic carbocycles. The number of nitrogens with zero attached hydrogens (tertiary/aromatic N) is 1. The molecule has 24 heavy (non-hydrogen) atoms. The van der Waals surface area contributed by atoms with Crippen LogP contribution in [0.25, 0.3) is 0 Å². The molecule has 0 spiro atoms. The van der Waals surface area contributed by atoms with Crippen LogP contribution in [0.4, 0.5) is 5.69 Å². The van der Waals surface area contributed by atoms with Gasteiger partial charge in [-0.15, -0.1) is 0 Å². The number of carbonyl (C=O) groups is 1. The number of nitrogens with one attached hydrogen (secondary N) is 2. The third-order valence-corrected chi connectivity index (χ3v) is 3.65. The van der Waals surface area contributed by atoms with Gasteiger partial charge in [-0.1, -0.05) is 23.7 Å². The Morgan fingerprint density at radius 1 is 1.21 bits per heavy atom. The van der Waals surface area contributed by atoms with Crippen LogP contribution in [-0.2, 0) is 6.54 Å². The summed E-state index contributed by atoms with van der Waals surface area (Å²) in [4.78, 5) is 39.0. The molecule has 2 heterocycles. The predicted molar refractivity (Wildman–Crippen MR) is 88.5 cm³/mol. The Balaban J connectivity index is 1.94. The molecule has 0 saturated heterocycles. The van der Waals surface area contributed by atoms with Gasteiger partial charge >= 0.3 is 5.69 Å². The molecular formula is C16H12ClN3O4. The SMILES string of the molecule is O=C(Nc1ccccc1Cl)c1c[nH]c(=O)n(Cc2ccco2)c1=O. The molecule has 122 valence electrons. The molecule has 3 rings (SSSR count). The fraction of sp³-hybridized carbons (Fsp3) is 0.0625. The fourth-order valence-corrected chi connectivity index (χ4v) is 2.31. The zero-order valence-corrected chi connectivity index (χ0v) is 13.0. The summed E-state index contributed by atoms with van der Waals surface area (Å²) in [6, 6.07) is 9.90. The van der Waals surface area contributed by atoms with E-state index in [0.717, 1.165) is 10.8 Å².